The molecule has 3 N–H and O–H groups in total. The minimum absolute atomic E-state index is 0.261. The molecule has 7 heteroatoms. The number of anilines is 2. The van der Waals surface area contributed by atoms with Crippen molar-refractivity contribution in [1.82, 2.24) is 15.2 Å². The summed E-state index contributed by atoms with van der Waals surface area (Å²) in [7, 11) is 0. The van der Waals surface area contributed by atoms with Crippen molar-refractivity contribution in [2.45, 2.75) is 33.6 Å². The van der Waals surface area contributed by atoms with Crippen LogP contribution in [-0.4, -0.2) is 27.6 Å². The fourth-order valence-corrected chi connectivity index (χ4v) is 3.69. The average Bonchev–Trinajstić information content (AvgIpc) is 3.25. The van der Waals surface area contributed by atoms with Gasteiger partial charge in [-0.2, -0.15) is 5.10 Å². The highest BCUT2D eigenvalue weighted by Gasteiger charge is 2.16. The highest BCUT2D eigenvalue weighted by atomic mass is 19.1. The lowest BCUT2D eigenvalue weighted by molar-refractivity contribution is 0.102. The number of hydrogen-bond donors (Lipinski definition) is 3. The molecule has 4 aromatic rings. The molecule has 2 aromatic heterocycles. The highest BCUT2D eigenvalue weighted by molar-refractivity contribution is 6.11. The number of aromatic amines is 1. The molecule has 0 aliphatic heterocycles. The fourth-order valence-electron chi connectivity index (χ4n) is 3.69. The third-order valence-electron chi connectivity index (χ3n) is 6.02. The van der Waals surface area contributed by atoms with E-state index in [0.29, 0.717) is 22.6 Å². The summed E-state index contributed by atoms with van der Waals surface area (Å²) in [6.07, 6.45) is 3.87. The summed E-state index contributed by atoms with van der Waals surface area (Å²) < 4.78 is 14.0. The van der Waals surface area contributed by atoms with Crippen LogP contribution >= 0.6 is 0 Å². The van der Waals surface area contributed by atoms with Crippen molar-refractivity contribution in [1.29, 1.82) is 0 Å². The maximum absolute atomic E-state index is 14.0. The van der Waals surface area contributed by atoms with Gasteiger partial charge in [0.2, 0.25) is 0 Å². The van der Waals surface area contributed by atoms with Crippen molar-refractivity contribution in [2.24, 2.45) is 5.92 Å². The van der Waals surface area contributed by atoms with Crippen LogP contribution in [0.3, 0.4) is 0 Å². The summed E-state index contributed by atoms with van der Waals surface area (Å²) in [5.41, 5.74) is 3.76. The number of H-pyrrole nitrogens is 1. The number of carbonyl (C=O) groups is 1. The van der Waals surface area contributed by atoms with Crippen LogP contribution in [0.1, 0.15) is 42.7 Å². The molecule has 4 rings (SSSR count). The van der Waals surface area contributed by atoms with Gasteiger partial charge in [-0.15, -0.1) is 0 Å². The van der Waals surface area contributed by atoms with Crippen LogP contribution < -0.4 is 10.6 Å². The minimum atomic E-state index is -0.339. The average molecular weight is 446 g/mol. The predicted molar refractivity (Wildman–Crippen MR) is 131 cm³/mol. The minimum Gasteiger partial charge on any atom is -0.370 e. The second-order valence-corrected chi connectivity index (χ2v) is 8.36. The molecular weight excluding hydrogens is 417 g/mol. The van der Waals surface area contributed by atoms with Gasteiger partial charge in [0.15, 0.2) is 5.69 Å². The molecule has 170 valence electrons. The van der Waals surface area contributed by atoms with Gasteiger partial charge in [0.25, 0.3) is 5.91 Å². The zero-order valence-corrected chi connectivity index (χ0v) is 19.1. The number of amides is 1. The number of rotatable bonds is 8. The van der Waals surface area contributed by atoms with Gasteiger partial charge >= 0.3 is 0 Å². The van der Waals surface area contributed by atoms with Crippen molar-refractivity contribution in [2.75, 3.05) is 17.2 Å². The predicted octanol–water partition coefficient (Wildman–Crippen LogP) is 6.17. The van der Waals surface area contributed by atoms with Crippen molar-refractivity contribution in [3.05, 3.63) is 71.8 Å². The van der Waals surface area contributed by atoms with Crippen LogP contribution in [-0.2, 0) is 0 Å². The Balaban J connectivity index is 1.50. The highest BCUT2D eigenvalue weighted by Crippen LogP contribution is 2.29. The molecule has 0 radical (unpaired) electrons. The first-order chi connectivity index (χ1) is 16.0. The number of carbonyl (C=O) groups excluding carboxylic acids is 1. The smallest absolute Gasteiger partial charge is 0.276 e. The van der Waals surface area contributed by atoms with Gasteiger partial charge < -0.3 is 10.6 Å². The maximum Gasteiger partial charge on any atom is 0.276 e. The summed E-state index contributed by atoms with van der Waals surface area (Å²) in [5, 5.41) is 13.9. The maximum atomic E-state index is 14.0. The zero-order valence-electron chi connectivity index (χ0n) is 19.1. The molecule has 1 atom stereocenters. The molecule has 0 bridgehead atoms. The first-order valence-electron chi connectivity index (χ1n) is 11.2. The van der Waals surface area contributed by atoms with Crippen LogP contribution in [0.15, 0.2) is 54.7 Å². The zero-order chi connectivity index (χ0) is 23.4. The van der Waals surface area contributed by atoms with Gasteiger partial charge in [0.05, 0.1) is 17.4 Å². The molecule has 1 amide bonds. The van der Waals surface area contributed by atoms with Crippen LogP contribution in [0.5, 0.6) is 0 Å². The van der Waals surface area contributed by atoms with Crippen LogP contribution in [0.2, 0.25) is 0 Å². The summed E-state index contributed by atoms with van der Waals surface area (Å²) in [6, 6.07) is 14.2. The fraction of sp³-hybridized carbons (Fsp3) is 0.269. The topological polar surface area (TPSA) is 82.7 Å². The van der Waals surface area contributed by atoms with Gasteiger partial charge in [-0.05, 0) is 66.3 Å². The van der Waals surface area contributed by atoms with Crippen molar-refractivity contribution in [3.63, 3.8) is 0 Å². The summed E-state index contributed by atoms with van der Waals surface area (Å²) in [5.74, 6) is 0.846. The molecule has 0 saturated carbocycles. The van der Waals surface area contributed by atoms with Crippen LogP contribution in [0.4, 0.5) is 15.9 Å². The van der Waals surface area contributed by atoms with E-state index in [1.54, 1.807) is 19.2 Å². The molecule has 0 spiro atoms. The number of hydrogen-bond acceptors (Lipinski definition) is 4. The van der Waals surface area contributed by atoms with Gasteiger partial charge in [-0.1, -0.05) is 38.5 Å². The summed E-state index contributed by atoms with van der Waals surface area (Å²) in [4.78, 5) is 17.3. The van der Waals surface area contributed by atoms with E-state index in [-0.39, 0.29) is 17.4 Å². The third-order valence-corrected chi connectivity index (χ3v) is 6.02. The van der Waals surface area contributed by atoms with Crippen molar-refractivity contribution in [3.8, 4) is 11.1 Å². The Morgan fingerprint density at radius 1 is 1.18 bits per heavy atom. The SMILES string of the molecule is CCC(C)CCNc1ccc(NC(=O)c2n[nH]c3ccc(-c4cccc(F)c4C)cc23)cn1. The van der Waals surface area contributed by atoms with Crippen molar-refractivity contribution >= 4 is 28.3 Å². The second-order valence-electron chi connectivity index (χ2n) is 8.36. The molecule has 0 saturated heterocycles. The number of aromatic nitrogens is 3. The standard InChI is InChI=1S/C26H28FN5O/c1-4-16(2)12-13-28-24-11-9-19(15-29-24)30-26(33)25-21-14-18(8-10-23(21)31-32-25)20-6-5-7-22(27)17(20)3/h5-11,14-16H,4,12-13H2,1-3H3,(H,28,29)(H,30,33)(H,31,32). The molecule has 2 aromatic carbocycles. The first-order valence-corrected chi connectivity index (χ1v) is 11.2. The molecule has 2 heterocycles. The molecule has 0 aliphatic rings. The Morgan fingerprint density at radius 3 is 2.79 bits per heavy atom. The van der Waals surface area contributed by atoms with Crippen LogP contribution in [0, 0.1) is 18.7 Å². The Labute approximate surface area is 192 Å². The van der Waals surface area contributed by atoms with E-state index in [2.05, 4.69) is 39.7 Å². The molecule has 0 fully saturated rings. The van der Waals surface area contributed by atoms with E-state index in [1.807, 2.05) is 36.4 Å². The van der Waals surface area contributed by atoms with E-state index < -0.39 is 0 Å². The van der Waals surface area contributed by atoms with Crippen LogP contribution in [0.25, 0.3) is 22.0 Å². The quantitative estimate of drug-likeness (QED) is 0.303. The molecule has 33 heavy (non-hydrogen) atoms. The lowest BCUT2D eigenvalue weighted by Crippen LogP contribution is -2.13. The number of halogens is 1. The van der Waals surface area contributed by atoms with Gasteiger partial charge in [0, 0.05) is 11.9 Å². The lowest BCUT2D eigenvalue weighted by Gasteiger charge is -2.10. The number of pyridine rings is 1. The van der Waals surface area contributed by atoms with Gasteiger partial charge in [-0.25, -0.2) is 9.37 Å². The normalized spacial score (nSPS) is 12.0. The van der Waals surface area contributed by atoms with E-state index in [4.69, 9.17) is 0 Å². The van der Waals surface area contributed by atoms with E-state index in [1.165, 1.54) is 6.07 Å². The Morgan fingerprint density at radius 2 is 2.03 bits per heavy atom. The first kappa shape index (κ1) is 22.5. The second kappa shape index (κ2) is 9.81. The number of fused-ring (bicyclic) bond motifs is 1. The Kier molecular flexibility index (Phi) is 6.68. The largest absolute Gasteiger partial charge is 0.370 e. The van der Waals surface area contributed by atoms with Gasteiger partial charge in [-0.3, -0.25) is 9.89 Å². The van der Waals surface area contributed by atoms with E-state index in [0.717, 1.165) is 41.8 Å². The summed E-state index contributed by atoms with van der Waals surface area (Å²) >= 11 is 0. The number of nitrogens with zero attached hydrogens (tertiary/aromatic N) is 2. The monoisotopic (exact) mass is 445 g/mol. The third kappa shape index (κ3) is 5.03. The van der Waals surface area contributed by atoms with E-state index >= 15 is 0 Å². The molecule has 0 aliphatic carbocycles. The number of benzene rings is 2. The summed E-state index contributed by atoms with van der Waals surface area (Å²) in [6.45, 7) is 7.02. The van der Waals surface area contributed by atoms with E-state index in [9.17, 15) is 9.18 Å². The molecule has 6 nitrogen and oxygen atoms in total. The molecule has 1 unspecified atom stereocenters. The number of nitrogens with one attached hydrogen (secondary N) is 3. The van der Waals surface area contributed by atoms with Crippen molar-refractivity contribution < 1.29 is 9.18 Å². The molecular formula is C26H28FN5O. The lowest BCUT2D eigenvalue weighted by atomic mass is 9.98. The van der Waals surface area contributed by atoms with Gasteiger partial charge in [0.1, 0.15) is 11.6 Å². The Bertz CT molecular complexity index is 1270. The Hall–Kier alpha value is -3.74.